The van der Waals surface area contributed by atoms with E-state index in [4.69, 9.17) is 13.9 Å². The molecule has 2 aromatic rings. The van der Waals surface area contributed by atoms with E-state index in [-0.39, 0.29) is 27.0 Å². The van der Waals surface area contributed by atoms with Crippen LogP contribution in [-0.2, 0) is 9.53 Å². The molecule has 0 atom stereocenters. The van der Waals surface area contributed by atoms with E-state index < -0.39 is 11.9 Å². The van der Waals surface area contributed by atoms with Gasteiger partial charge in [-0.25, -0.2) is 9.59 Å². The molecule has 4 rings (SSSR count). The third-order valence-corrected chi connectivity index (χ3v) is 7.77. The lowest BCUT2D eigenvalue weighted by Gasteiger charge is -2.20. The molecule has 0 saturated carbocycles. The summed E-state index contributed by atoms with van der Waals surface area (Å²) in [6.07, 6.45) is 0. The summed E-state index contributed by atoms with van der Waals surface area (Å²) < 4.78 is 18.0. The summed E-state index contributed by atoms with van der Waals surface area (Å²) in [6.45, 7) is 5.15. The molecule has 2 aliphatic rings. The second kappa shape index (κ2) is 10.0. The lowest BCUT2D eigenvalue weighted by molar-refractivity contribution is -0.130. The van der Waals surface area contributed by atoms with Crippen molar-refractivity contribution < 1.29 is 23.5 Å². The Hall–Kier alpha value is -2.27. The summed E-state index contributed by atoms with van der Waals surface area (Å²) in [5.74, 6) is -0.710. The van der Waals surface area contributed by atoms with Crippen LogP contribution in [0.25, 0.3) is 33.4 Å². The van der Waals surface area contributed by atoms with Gasteiger partial charge in [-0.2, -0.15) is 0 Å². The summed E-state index contributed by atoms with van der Waals surface area (Å²) in [7, 11) is 1.31. The number of halogens is 4. The highest BCUT2D eigenvalue weighted by Crippen LogP contribution is 2.49. The van der Waals surface area contributed by atoms with E-state index in [2.05, 4.69) is 70.3 Å². The Kier molecular flexibility index (Phi) is 7.38. The summed E-state index contributed by atoms with van der Waals surface area (Å²) in [6, 6.07) is 10.3. The van der Waals surface area contributed by atoms with Crippen LogP contribution in [0.3, 0.4) is 0 Å². The number of esters is 2. The van der Waals surface area contributed by atoms with Crippen LogP contribution in [0.1, 0.15) is 17.3 Å². The Bertz CT molecular complexity index is 1590. The van der Waals surface area contributed by atoms with Gasteiger partial charge in [-0.05, 0) is 94.4 Å². The van der Waals surface area contributed by atoms with Gasteiger partial charge in [0.2, 0.25) is 5.43 Å². The van der Waals surface area contributed by atoms with E-state index in [1.165, 1.54) is 14.0 Å². The molecule has 0 saturated heterocycles. The first-order valence-corrected chi connectivity index (χ1v) is 13.1. The van der Waals surface area contributed by atoms with E-state index in [1.54, 1.807) is 36.4 Å². The standard InChI is InChI=1S/C25H14Br4O6/c1-10(2)24(31)35-23-16(27)9-14-17(11-6-4-5-7-12(11)25(32)33-3)13-8-15(26)20(30)18(28)21(13)34-22(14)19(23)29/h4-9H,1H2,2-3H3. The monoisotopic (exact) mass is 726 g/mol. The zero-order valence-corrected chi connectivity index (χ0v) is 24.5. The smallest absolute Gasteiger partial charge is 0.338 e. The molecule has 0 bridgehead atoms. The normalized spacial score (nSPS) is 11.0. The molecule has 0 radical (unpaired) electrons. The fourth-order valence-corrected chi connectivity index (χ4v) is 6.10. The van der Waals surface area contributed by atoms with Gasteiger partial charge in [-0.15, -0.1) is 0 Å². The van der Waals surface area contributed by atoms with Crippen LogP contribution in [0, 0.1) is 0 Å². The van der Waals surface area contributed by atoms with Gasteiger partial charge in [0.1, 0.15) is 8.95 Å². The molecule has 0 unspecified atom stereocenters. The summed E-state index contributed by atoms with van der Waals surface area (Å²) in [5.41, 5.74) is 2.27. The molecular weight excluding hydrogens is 716 g/mol. The van der Waals surface area contributed by atoms with Crippen LogP contribution in [-0.4, -0.2) is 19.0 Å². The predicted molar refractivity (Wildman–Crippen MR) is 147 cm³/mol. The predicted octanol–water partition coefficient (Wildman–Crippen LogP) is 7.88. The minimum absolute atomic E-state index is 0.177. The average molecular weight is 730 g/mol. The van der Waals surface area contributed by atoms with Crippen molar-refractivity contribution >= 4 is 86.6 Å². The maximum Gasteiger partial charge on any atom is 0.338 e. The van der Waals surface area contributed by atoms with Crippen molar-refractivity contribution in [2.24, 2.45) is 0 Å². The molecule has 10 heteroatoms. The second-order valence-electron chi connectivity index (χ2n) is 7.44. The lowest BCUT2D eigenvalue weighted by Crippen LogP contribution is -2.10. The number of hydrogen-bond donors (Lipinski definition) is 0. The zero-order chi connectivity index (χ0) is 25.6. The van der Waals surface area contributed by atoms with Crippen LogP contribution in [0.15, 0.2) is 75.7 Å². The van der Waals surface area contributed by atoms with Crippen molar-refractivity contribution in [1.29, 1.82) is 0 Å². The molecule has 0 fully saturated rings. The molecule has 2 aromatic carbocycles. The molecule has 0 aromatic heterocycles. The van der Waals surface area contributed by atoms with Crippen LogP contribution < -0.4 is 10.2 Å². The Labute approximate surface area is 233 Å². The number of carbonyl (C=O) groups is 2. The first-order valence-electron chi connectivity index (χ1n) is 9.88. The zero-order valence-electron chi connectivity index (χ0n) is 18.1. The highest BCUT2D eigenvalue weighted by atomic mass is 79.9. The maximum atomic E-state index is 12.7. The number of carbonyl (C=O) groups excluding carboxylic acids is 2. The van der Waals surface area contributed by atoms with Gasteiger partial charge in [0.15, 0.2) is 17.1 Å². The van der Waals surface area contributed by atoms with E-state index in [9.17, 15) is 14.4 Å². The Morgan fingerprint density at radius 1 is 0.971 bits per heavy atom. The molecular formula is C25H14Br4O6. The number of rotatable bonds is 4. The van der Waals surface area contributed by atoms with Gasteiger partial charge >= 0.3 is 11.9 Å². The van der Waals surface area contributed by atoms with Crippen molar-refractivity contribution in [3.05, 3.63) is 82.2 Å². The van der Waals surface area contributed by atoms with Gasteiger partial charge in [0, 0.05) is 22.1 Å². The Morgan fingerprint density at radius 3 is 2.31 bits per heavy atom. The van der Waals surface area contributed by atoms with Gasteiger partial charge in [-0.1, -0.05) is 24.8 Å². The first kappa shape index (κ1) is 25.8. The van der Waals surface area contributed by atoms with Gasteiger partial charge < -0.3 is 13.9 Å². The molecule has 1 aliphatic carbocycles. The summed E-state index contributed by atoms with van der Waals surface area (Å²) in [4.78, 5) is 37.6. The fourth-order valence-electron chi connectivity index (χ4n) is 3.54. The van der Waals surface area contributed by atoms with E-state index in [0.717, 1.165) is 0 Å². The number of methoxy groups -OCH3 is 1. The van der Waals surface area contributed by atoms with Gasteiger partial charge in [-0.3, -0.25) is 4.79 Å². The SMILES string of the molecule is C=C(C)C(=O)Oc1c(Br)cc2c(-c3ccccc3C(=O)OC)c3cc(Br)c(=O)c(Br)c-3oc2c1Br. The van der Waals surface area contributed by atoms with Crippen molar-refractivity contribution in [1.82, 2.24) is 0 Å². The summed E-state index contributed by atoms with van der Waals surface area (Å²) >= 11 is 13.6. The van der Waals surface area contributed by atoms with Crippen molar-refractivity contribution in [3.8, 4) is 28.2 Å². The highest BCUT2D eigenvalue weighted by molar-refractivity contribution is 9.11. The number of fused-ring (bicyclic) bond motifs is 2. The van der Waals surface area contributed by atoms with E-state index in [1.807, 2.05) is 0 Å². The highest BCUT2D eigenvalue weighted by Gasteiger charge is 2.28. The van der Waals surface area contributed by atoms with Crippen LogP contribution in [0.2, 0.25) is 0 Å². The molecule has 1 heterocycles. The van der Waals surface area contributed by atoms with Crippen molar-refractivity contribution in [2.75, 3.05) is 7.11 Å². The Balaban J connectivity index is 2.22. The quantitative estimate of drug-likeness (QED) is 0.0921. The second-order valence-corrected chi connectivity index (χ2v) is 10.7. The third-order valence-electron chi connectivity index (χ3n) is 5.15. The van der Waals surface area contributed by atoms with Crippen molar-refractivity contribution in [2.45, 2.75) is 6.92 Å². The topological polar surface area (TPSA) is 82.8 Å². The fraction of sp³-hybridized carbons (Fsp3) is 0.0800. The minimum atomic E-state index is -0.616. The number of hydrogen-bond acceptors (Lipinski definition) is 6. The molecule has 35 heavy (non-hydrogen) atoms. The third kappa shape index (κ3) is 4.52. The maximum absolute atomic E-state index is 12.7. The molecule has 1 aliphatic heterocycles. The number of benzene rings is 3. The van der Waals surface area contributed by atoms with Crippen LogP contribution in [0.5, 0.6) is 5.75 Å². The minimum Gasteiger partial charge on any atom is -0.465 e. The van der Waals surface area contributed by atoms with Crippen molar-refractivity contribution in [3.63, 3.8) is 0 Å². The molecule has 0 spiro atoms. The molecule has 0 N–H and O–H groups in total. The molecule has 6 nitrogen and oxygen atoms in total. The van der Waals surface area contributed by atoms with Crippen LogP contribution in [0.4, 0.5) is 0 Å². The largest absolute Gasteiger partial charge is 0.465 e. The van der Waals surface area contributed by atoms with E-state index in [0.29, 0.717) is 46.6 Å². The van der Waals surface area contributed by atoms with Gasteiger partial charge in [0.25, 0.3) is 0 Å². The Morgan fingerprint density at radius 2 is 1.66 bits per heavy atom. The molecule has 178 valence electrons. The average Bonchev–Trinajstić information content (AvgIpc) is 2.83. The molecule has 0 amide bonds. The number of ether oxygens (including phenoxy) is 2. The first-order chi connectivity index (χ1) is 16.6. The van der Waals surface area contributed by atoms with Gasteiger partial charge in [0.05, 0.1) is 21.6 Å². The van der Waals surface area contributed by atoms with E-state index >= 15 is 0 Å². The van der Waals surface area contributed by atoms with Crippen LogP contribution >= 0.6 is 63.7 Å². The lowest BCUT2D eigenvalue weighted by atomic mass is 9.91. The summed E-state index contributed by atoms with van der Waals surface area (Å²) in [5, 5.41) is 0.583.